The Balaban J connectivity index is 2.17. The van der Waals surface area contributed by atoms with Crippen molar-refractivity contribution < 1.29 is 9.53 Å². The van der Waals surface area contributed by atoms with Crippen molar-refractivity contribution in [2.75, 3.05) is 13.2 Å². The molecule has 0 aromatic carbocycles. The van der Waals surface area contributed by atoms with Crippen LogP contribution in [0.15, 0.2) is 0 Å². The number of nitrogens with zero attached hydrogens (tertiary/aromatic N) is 1. The quantitative estimate of drug-likeness (QED) is 0.514. The number of carbonyl (C=O) groups is 1. The van der Waals surface area contributed by atoms with E-state index in [4.69, 9.17) is 11.2 Å². The highest BCUT2D eigenvalue weighted by molar-refractivity contribution is 5.72. The third kappa shape index (κ3) is 0.790. The summed E-state index contributed by atoms with van der Waals surface area (Å²) in [7, 11) is 0. The van der Waals surface area contributed by atoms with Crippen molar-refractivity contribution in [1.82, 2.24) is 4.90 Å². The van der Waals surface area contributed by atoms with Crippen molar-refractivity contribution in [2.24, 2.45) is 0 Å². The predicted molar refractivity (Wildman–Crippen MR) is 38.9 cm³/mol. The van der Waals surface area contributed by atoms with Crippen molar-refractivity contribution in [3.63, 3.8) is 0 Å². The molecule has 0 bridgehead atoms. The fraction of sp³-hybridized carbons (Fsp3) is 0.625. The van der Waals surface area contributed by atoms with Crippen LogP contribution in [0.25, 0.3) is 0 Å². The number of carbonyl (C=O) groups excluding carboxylic acids is 1. The van der Waals surface area contributed by atoms with Gasteiger partial charge in [-0.3, -0.25) is 4.90 Å². The molecule has 0 unspecified atom stereocenters. The number of terminal acetylenes is 1. The highest BCUT2D eigenvalue weighted by atomic mass is 16.6. The molecule has 1 aliphatic heterocycles. The first-order valence-corrected chi connectivity index (χ1v) is 3.71. The van der Waals surface area contributed by atoms with E-state index in [1.165, 1.54) is 0 Å². The summed E-state index contributed by atoms with van der Waals surface area (Å²) in [5, 5.41) is 0. The number of rotatable bonds is 1. The van der Waals surface area contributed by atoms with Crippen LogP contribution in [0.5, 0.6) is 0 Å². The Morgan fingerprint density at radius 3 is 2.73 bits per heavy atom. The van der Waals surface area contributed by atoms with Crippen molar-refractivity contribution in [3.8, 4) is 12.3 Å². The van der Waals surface area contributed by atoms with E-state index in [9.17, 15) is 4.79 Å². The van der Waals surface area contributed by atoms with Crippen LogP contribution in [0.1, 0.15) is 12.8 Å². The minimum atomic E-state index is -0.270. The Hall–Kier alpha value is -1.17. The Labute approximate surface area is 65.3 Å². The Morgan fingerprint density at radius 2 is 2.36 bits per heavy atom. The van der Waals surface area contributed by atoms with E-state index in [0.29, 0.717) is 13.2 Å². The van der Waals surface area contributed by atoms with Gasteiger partial charge in [0.25, 0.3) is 0 Å². The fourth-order valence-electron chi connectivity index (χ4n) is 1.39. The number of amides is 1. The van der Waals surface area contributed by atoms with Crippen LogP contribution in [-0.2, 0) is 4.74 Å². The SMILES string of the molecule is C#CC1(N2CCOC2=O)CC1. The van der Waals surface area contributed by atoms with Gasteiger partial charge in [-0.1, -0.05) is 5.92 Å². The first-order chi connectivity index (χ1) is 5.28. The average Bonchev–Trinajstić information content (AvgIpc) is 2.70. The Kier molecular flexibility index (Phi) is 1.14. The van der Waals surface area contributed by atoms with Crippen LogP contribution in [0.3, 0.4) is 0 Å². The second-order valence-corrected chi connectivity index (χ2v) is 2.94. The molecule has 1 saturated heterocycles. The van der Waals surface area contributed by atoms with Crippen LogP contribution >= 0.6 is 0 Å². The lowest BCUT2D eigenvalue weighted by atomic mass is 10.2. The van der Waals surface area contributed by atoms with E-state index in [1.807, 2.05) is 0 Å². The molecule has 58 valence electrons. The van der Waals surface area contributed by atoms with Gasteiger partial charge >= 0.3 is 6.09 Å². The highest BCUT2D eigenvalue weighted by Gasteiger charge is 2.51. The van der Waals surface area contributed by atoms with Gasteiger partial charge in [0.2, 0.25) is 0 Å². The summed E-state index contributed by atoms with van der Waals surface area (Å²) in [5.41, 5.74) is -0.270. The third-order valence-corrected chi connectivity index (χ3v) is 2.27. The van der Waals surface area contributed by atoms with E-state index in [0.717, 1.165) is 12.8 Å². The number of hydrogen-bond donors (Lipinski definition) is 0. The summed E-state index contributed by atoms with van der Waals surface area (Å²) in [6.07, 6.45) is 6.92. The lowest BCUT2D eigenvalue weighted by Crippen LogP contribution is -2.36. The minimum Gasteiger partial charge on any atom is -0.447 e. The Morgan fingerprint density at radius 1 is 1.64 bits per heavy atom. The van der Waals surface area contributed by atoms with Crippen LogP contribution in [0, 0.1) is 12.3 Å². The summed E-state index contributed by atoms with van der Waals surface area (Å²) < 4.78 is 4.79. The molecule has 0 radical (unpaired) electrons. The summed E-state index contributed by atoms with van der Waals surface area (Å²) in [5.74, 6) is 2.65. The molecule has 0 aromatic rings. The van der Waals surface area contributed by atoms with E-state index >= 15 is 0 Å². The van der Waals surface area contributed by atoms with Gasteiger partial charge < -0.3 is 4.74 Å². The topological polar surface area (TPSA) is 29.5 Å². The molecule has 3 nitrogen and oxygen atoms in total. The third-order valence-electron chi connectivity index (χ3n) is 2.27. The maximum atomic E-state index is 11.0. The molecule has 0 atom stereocenters. The largest absolute Gasteiger partial charge is 0.447 e. The minimum absolute atomic E-state index is 0.250. The van der Waals surface area contributed by atoms with Gasteiger partial charge in [-0.25, -0.2) is 4.79 Å². The molecule has 2 rings (SSSR count). The van der Waals surface area contributed by atoms with Gasteiger partial charge in [-0.2, -0.15) is 0 Å². The second-order valence-electron chi connectivity index (χ2n) is 2.94. The molecule has 0 spiro atoms. The summed E-state index contributed by atoms with van der Waals surface area (Å²) in [6, 6.07) is 0. The van der Waals surface area contributed by atoms with Crippen LogP contribution in [0.4, 0.5) is 4.79 Å². The molecule has 1 heterocycles. The zero-order valence-electron chi connectivity index (χ0n) is 6.17. The maximum absolute atomic E-state index is 11.0. The predicted octanol–water partition coefficient (Wildman–Crippen LogP) is 0.604. The van der Waals surface area contributed by atoms with E-state index in [2.05, 4.69) is 5.92 Å². The Bertz CT molecular complexity index is 237. The molecule has 2 aliphatic rings. The van der Waals surface area contributed by atoms with Crippen molar-refractivity contribution in [1.29, 1.82) is 0 Å². The first kappa shape index (κ1) is 6.53. The lowest BCUT2D eigenvalue weighted by Gasteiger charge is -2.18. The van der Waals surface area contributed by atoms with Crippen molar-refractivity contribution in [3.05, 3.63) is 0 Å². The highest BCUT2D eigenvalue weighted by Crippen LogP contribution is 2.42. The molecule has 1 aliphatic carbocycles. The molecule has 3 heteroatoms. The van der Waals surface area contributed by atoms with Gasteiger partial charge in [0.1, 0.15) is 12.1 Å². The monoisotopic (exact) mass is 151 g/mol. The number of cyclic esters (lactones) is 1. The number of hydrogen-bond acceptors (Lipinski definition) is 2. The molecular formula is C8H9NO2. The molecule has 2 fully saturated rings. The molecule has 1 amide bonds. The summed E-state index contributed by atoms with van der Waals surface area (Å²) in [6.45, 7) is 1.14. The van der Waals surface area contributed by atoms with Gasteiger partial charge in [0, 0.05) is 0 Å². The lowest BCUT2D eigenvalue weighted by molar-refractivity contribution is 0.151. The number of ether oxygens (including phenoxy) is 1. The van der Waals surface area contributed by atoms with Gasteiger partial charge in [0.15, 0.2) is 0 Å². The van der Waals surface area contributed by atoms with Crippen LogP contribution in [0.2, 0.25) is 0 Å². The van der Waals surface area contributed by atoms with Gasteiger partial charge in [0.05, 0.1) is 6.54 Å². The van der Waals surface area contributed by atoms with E-state index in [-0.39, 0.29) is 11.6 Å². The zero-order valence-corrected chi connectivity index (χ0v) is 6.17. The smallest absolute Gasteiger partial charge is 0.411 e. The van der Waals surface area contributed by atoms with E-state index in [1.54, 1.807) is 4.90 Å². The normalized spacial score (nSPS) is 26.1. The van der Waals surface area contributed by atoms with Gasteiger partial charge in [-0.05, 0) is 12.8 Å². The maximum Gasteiger partial charge on any atom is 0.411 e. The molecular weight excluding hydrogens is 142 g/mol. The first-order valence-electron chi connectivity index (χ1n) is 3.71. The standard InChI is InChI=1S/C8H9NO2/c1-2-8(3-4-8)9-5-6-11-7(9)10/h1H,3-6H2. The van der Waals surface area contributed by atoms with Gasteiger partial charge in [-0.15, -0.1) is 6.42 Å². The van der Waals surface area contributed by atoms with Crippen molar-refractivity contribution >= 4 is 6.09 Å². The molecule has 0 N–H and O–H groups in total. The van der Waals surface area contributed by atoms with Crippen molar-refractivity contribution in [2.45, 2.75) is 18.4 Å². The molecule has 0 aromatic heterocycles. The van der Waals surface area contributed by atoms with E-state index < -0.39 is 0 Å². The molecule has 1 saturated carbocycles. The summed E-state index contributed by atoms with van der Waals surface area (Å²) in [4.78, 5) is 12.7. The van der Waals surface area contributed by atoms with Crippen LogP contribution in [-0.4, -0.2) is 29.7 Å². The molecule has 11 heavy (non-hydrogen) atoms. The average molecular weight is 151 g/mol. The fourth-order valence-corrected chi connectivity index (χ4v) is 1.39. The second kappa shape index (κ2) is 1.91. The van der Waals surface area contributed by atoms with Crippen LogP contribution < -0.4 is 0 Å². The summed E-state index contributed by atoms with van der Waals surface area (Å²) >= 11 is 0. The zero-order chi connectivity index (χ0) is 7.90.